The van der Waals surface area contributed by atoms with Gasteiger partial charge in [-0.1, -0.05) is 12.1 Å². The predicted octanol–water partition coefficient (Wildman–Crippen LogP) is 2.04. The fourth-order valence-corrected chi connectivity index (χ4v) is 3.11. The van der Waals surface area contributed by atoms with E-state index in [2.05, 4.69) is 5.32 Å². The minimum absolute atomic E-state index is 0.00105. The number of hydrogen-bond donors (Lipinski definition) is 1. The molecule has 1 saturated heterocycles. The van der Waals surface area contributed by atoms with Crippen molar-refractivity contribution in [2.24, 2.45) is 0 Å². The lowest BCUT2D eigenvalue weighted by Gasteiger charge is -2.21. The van der Waals surface area contributed by atoms with Gasteiger partial charge in [0.15, 0.2) is 5.79 Å². The van der Waals surface area contributed by atoms with Crippen molar-refractivity contribution in [1.29, 1.82) is 0 Å². The van der Waals surface area contributed by atoms with Crippen LogP contribution >= 0.6 is 0 Å². The first-order valence-corrected chi connectivity index (χ1v) is 7.90. The van der Waals surface area contributed by atoms with E-state index in [0.717, 1.165) is 37.0 Å². The van der Waals surface area contributed by atoms with E-state index in [1.54, 1.807) is 7.11 Å². The van der Waals surface area contributed by atoms with E-state index in [9.17, 15) is 4.79 Å². The van der Waals surface area contributed by atoms with E-state index in [-0.39, 0.29) is 17.8 Å². The molecule has 5 heteroatoms. The summed E-state index contributed by atoms with van der Waals surface area (Å²) in [4.78, 5) is 12.0. The van der Waals surface area contributed by atoms with Crippen LogP contribution in [-0.4, -0.2) is 38.1 Å². The topological polar surface area (TPSA) is 56.8 Å². The Balaban J connectivity index is 1.42. The molecule has 0 bridgehead atoms. The molecule has 0 aromatic heterocycles. The second-order valence-corrected chi connectivity index (χ2v) is 6.00. The van der Waals surface area contributed by atoms with E-state index in [1.165, 1.54) is 0 Å². The van der Waals surface area contributed by atoms with Crippen LogP contribution in [0.25, 0.3) is 0 Å². The summed E-state index contributed by atoms with van der Waals surface area (Å²) in [6, 6.07) is 7.53. The average Bonchev–Trinajstić information content (AvgIpc) is 3.16. The fraction of sp³-hybridized carbons (Fsp3) is 0.588. The minimum Gasteiger partial charge on any atom is -0.497 e. The monoisotopic (exact) mass is 305 g/mol. The maximum atomic E-state index is 12.0. The Morgan fingerprint density at radius 1 is 1.32 bits per heavy atom. The molecule has 120 valence electrons. The molecular formula is C17H23NO4. The van der Waals surface area contributed by atoms with Gasteiger partial charge in [0.2, 0.25) is 5.91 Å². The lowest BCUT2D eigenvalue weighted by molar-refractivity contribution is -0.161. The van der Waals surface area contributed by atoms with Crippen molar-refractivity contribution < 1.29 is 19.0 Å². The van der Waals surface area contributed by atoms with Gasteiger partial charge in [0, 0.05) is 19.4 Å². The third-order valence-corrected chi connectivity index (χ3v) is 4.33. The summed E-state index contributed by atoms with van der Waals surface area (Å²) >= 11 is 0. The normalized spacial score (nSPS) is 22.9. The van der Waals surface area contributed by atoms with Crippen LogP contribution in [0.3, 0.4) is 0 Å². The summed E-state index contributed by atoms with van der Waals surface area (Å²) in [5.74, 6) is 0.439. The molecule has 1 amide bonds. The third kappa shape index (κ3) is 3.59. The summed E-state index contributed by atoms with van der Waals surface area (Å²) < 4.78 is 16.9. The van der Waals surface area contributed by atoms with Crippen molar-refractivity contribution in [2.75, 3.05) is 20.3 Å². The molecule has 1 aliphatic carbocycles. The number of rotatable bonds is 5. The lowest BCUT2D eigenvalue weighted by Crippen LogP contribution is -2.35. The van der Waals surface area contributed by atoms with E-state index in [4.69, 9.17) is 14.2 Å². The Labute approximate surface area is 130 Å². The standard InChI is InChI=1S/C17H23NO4/c1-20-14-6-4-13(5-7-14)10-16(19)18-11-15-12-21-17(22-15)8-2-3-9-17/h4-7,15H,2-3,8-12H2,1H3,(H,18,19)/t15-/m0/s1. The molecule has 1 aromatic carbocycles. The van der Waals surface area contributed by atoms with Crippen LogP contribution in [0.15, 0.2) is 24.3 Å². The average molecular weight is 305 g/mol. The van der Waals surface area contributed by atoms with Gasteiger partial charge in [-0.05, 0) is 30.5 Å². The summed E-state index contributed by atoms with van der Waals surface area (Å²) in [5.41, 5.74) is 0.967. The first-order valence-electron chi connectivity index (χ1n) is 7.90. The van der Waals surface area contributed by atoms with Gasteiger partial charge >= 0.3 is 0 Å². The summed E-state index contributed by atoms with van der Waals surface area (Å²) in [5, 5.41) is 2.93. The minimum atomic E-state index is -0.356. The van der Waals surface area contributed by atoms with Gasteiger partial charge in [0.1, 0.15) is 11.9 Å². The second-order valence-electron chi connectivity index (χ2n) is 6.00. The van der Waals surface area contributed by atoms with Crippen molar-refractivity contribution in [3.8, 4) is 5.75 Å². The van der Waals surface area contributed by atoms with E-state index in [1.807, 2.05) is 24.3 Å². The Morgan fingerprint density at radius 2 is 2.05 bits per heavy atom. The molecule has 5 nitrogen and oxygen atoms in total. The van der Waals surface area contributed by atoms with Crippen molar-refractivity contribution in [1.82, 2.24) is 5.32 Å². The molecular weight excluding hydrogens is 282 g/mol. The Bertz CT molecular complexity index is 508. The third-order valence-electron chi connectivity index (χ3n) is 4.33. The Kier molecular flexibility index (Phi) is 4.64. The molecule has 1 aliphatic heterocycles. The highest BCUT2D eigenvalue weighted by molar-refractivity contribution is 5.78. The molecule has 1 spiro atoms. The maximum Gasteiger partial charge on any atom is 0.224 e. The molecule has 2 fully saturated rings. The van der Waals surface area contributed by atoms with Crippen LogP contribution in [0, 0.1) is 0 Å². The number of methoxy groups -OCH3 is 1. The lowest BCUT2D eigenvalue weighted by atomic mass is 10.1. The zero-order valence-electron chi connectivity index (χ0n) is 13.0. The van der Waals surface area contributed by atoms with Gasteiger partial charge in [-0.25, -0.2) is 0 Å². The molecule has 1 heterocycles. The number of carbonyl (C=O) groups is 1. The second kappa shape index (κ2) is 6.67. The Morgan fingerprint density at radius 3 is 2.73 bits per heavy atom. The number of ether oxygens (including phenoxy) is 3. The van der Waals surface area contributed by atoms with Crippen molar-refractivity contribution in [3.63, 3.8) is 0 Å². The highest BCUT2D eigenvalue weighted by Crippen LogP contribution is 2.38. The van der Waals surface area contributed by atoms with Crippen LogP contribution in [0.4, 0.5) is 0 Å². The molecule has 1 atom stereocenters. The van der Waals surface area contributed by atoms with E-state index >= 15 is 0 Å². The Hall–Kier alpha value is -1.59. The molecule has 1 aromatic rings. The summed E-state index contributed by atoms with van der Waals surface area (Å²) in [7, 11) is 1.63. The van der Waals surface area contributed by atoms with E-state index < -0.39 is 0 Å². The first kappa shape index (κ1) is 15.3. The zero-order chi connectivity index (χ0) is 15.4. The number of nitrogens with one attached hydrogen (secondary N) is 1. The molecule has 22 heavy (non-hydrogen) atoms. The van der Waals surface area contributed by atoms with Gasteiger partial charge in [-0.2, -0.15) is 0 Å². The number of benzene rings is 1. The van der Waals surface area contributed by atoms with Gasteiger partial charge in [0.25, 0.3) is 0 Å². The highest BCUT2D eigenvalue weighted by Gasteiger charge is 2.43. The first-order chi connectivity index (χ1) is 10.7. The quantitative estimate of drug-likeness (QED) is 0.904. The molecule has 0 unspecified atom stereocenters. The maximum absolute atomic E-state index is 12.0. The van der Waals surface area contributed by atoms with Gasteiger partial charge in [0.05, 0.1) is 20.1 Å². The van der Waals surface area contributed by atoms with E-state index in [0.29, 0.717) is 19.6 Å². The number of amides is 1. The van der Waals surface area contributed by atoms with Gasteiger partial charge < -0.3 is 19.5 Å². The van der Waals surface area contributed by atoms with Crippen molar-refractivity contribution >= 4 is 5.91 Å². The zero-order valence-corrected chi connectivity index (χ0v) is 13.0. The smallest absolute Gasteiger partial charge is 0.224 e. The van der Waals surface area contributed by atoms with Crippen LogP contribution in [-0.2, 0) is 20.7 Å². The van der Waals surface area contributed by atoms with Gasteiger partial charge in [-0.15, -0.1) is 0 Å². The van der Waals surface area contributed by atoms with Crippen LogP contribution in [0.2, 0.25) is 0 Å². The van der Waals surface area contributed by atoms with Crippen LogP contribution in [0.5, 0.6) is 5.75 Å². The van der Waals surface area contributed by atoms with Crippen molar-refractivity contribution in [3.05, 3.63) is 29.8 Å². The number of hydrogen-bond acceptors (Lipinski definition) is 4. The fourth-order valence-electron chi connectivity index (χ4n) is 3.11. The largest absolute Gasteiger partial charge is 0.497 e. The number of carbonyl (C=O) groups excluding carboxylic acids is 1. The summed E-state index contributed by atoms with van der Waals surface area (Å²) in [6.45, 7) is 1.08. The molecule has 2 aliphatic rings. The van der Waals surface area contributed by atoms with Crippen LogP contribution in [0.1, 0.15) is 31.2 Å². The molecule has 1 saturated carbocycles. The molecule has 1 N–H and O–H groups in total. The van der Waals surface area contributed by atoms with Crippen LogP contribution < -0.4 is 10.1 Å². The van der Waals surface area contributed by atoms with Crippen molar-refractivity contribution in [2.45, 2.75) is 44.0 Å². The molecule has 0 radical (unpaired) electrons. The summed E-state index contributed by atoms with van der Waals surface area (Å²) in [6.07, 6.45) is 4.61. The highest BCUT2D eigenvalue weighted by atomic mass is 16.7. The molecule has 3 rings (SSSR count). The predicted molar refractivity (Wildman–Crippen MR) is 81.7 cm³/mol. The SMILES string of the molecule is COc1ccc(CC(=O)NC[C@H]2COC3(CCCC3)O2)cc1. The van der Waals surface area contributed by atoms with Gasteiger partial charge in [-0.3, -0.25) is 4.79 Å².